The van der Waals surface area contributed by atoms with Crippen LogP contribution >= 0.6 is 11.6 Å². The minimum absolute atomic E-state index is 0.0619. The maximum atomic E-state index is 13.7. The summed E-state index contributed by atoms with van der Waals surface area (Å²) >= 11 is 5.68. The van der Waals surface area contributed by atoms with Crippen LogP contribution in [0.4, 0.5) is 10.1 Å². The first-order valence-electron chi connectivity index (χ1n) is 6.93. The van der Waals surface area contributed by atoms with Crippen LogP contribution in [0.1, 0.15) is 20.7 Å². The summed E-state index contributed by atoms with van der Waals surface area (Å²) in [6.07, 6.45) is 0. The topological polar surface area (TPSA) is 37.4 Å². The molecule has 0 N–H and O–H groups in total. The Hall–Kier alpha value is -2.72. The Balaban J connectivity index is 1.97. The van der Waals surface area contributed by atoms with Gasteiger partial charge in [0.1, 0.15) is 5.82 Å². The van der Waals surface area contributed by atoms with Crippen molar-refractivity contribution in [3.05, 3.63) is 76.6 Å². The quantitative estimate of drug-likeness (QED) is 0.621. The van der Waals surface area contributed by atoms with Gasteiger partial charge in [0, 0.05) is 16.5 Å². The Morgan fingerprint density at radius 3 is 2.04 bits per heavy atom. The second kappa shape index (κ2) is 4.89. The van der Waals surface area contributed by atoms with Crippen molar-refractivity contribution >= 4 is 39.9 Å². The number of imide groups is 1. The second-order valence-electron chi connectivity index (χ2n) is 5.25. The third-order valence-corrected chi connectivity index (χ3v) is 4.24. The number of benzene rings is 3. The van der Waals surface area contributed by atoms with Gasteiger partial charge in [-0.3, -0.25) is 9.59 Å². The van der Waals surface area contributed by atoms with Crippen molar-refractivity contribution in [2.45, 2.75) is 0 Å². The molecule has 0 aromatic heterocycles. The highest BCUT2D eigenvalue weighted by Gasteiger charge is 2.34. The smallest absolute Gasteiger partial charge is 0.265 e. The molecule has 0 unspecified atom stereocenters. The van der Waals surface area contributed by atoms with Crippen molar-refractivity contribution in [2.75, 3.05) is 4.90 Å². The summed E-state index contributed by atoms with van der Waals surface area (Å²) in [4.78, 5) is 26.5. The lowest BCUT2D eigenvalue weighted by atomic mass is 9.94. The summed E-state index contributed by atoms with van der Waals surface area (Å²) in [7, 11) is 0. The predicted molar refractivity (Wildman–Crippen MR) is 86.5 cm³/mol. The Morgan fingerprint density at radius 2 is 1.48 bits per heavy atom. The van der Waals surface area contributed by atoms with Crippen LogP contribution in [-0.4, -0.2) is 11.8 Å². The zero-order valence-corrected chi connectivity index (χ0v) is 12.5. The number of nitrogens with zero attached hydrogens (tertiary/aromatic N) is 1. The minimum atomic E-state index is -0.679. The van der Waals surface area contributed by atoms with E-state index >= 15 is 0 Å². The third-order valence-electron chi connectivity index (χ3n) is 3.93. The zero-order chi connectivity index (χ0) is 16.1. The van der Waals surface area contributed by atoms with Crippen LogP contribution in [0.2, 0.25) is 5.02 Å². The van der Waals surface area contributed by atoms with Crippen molar-refractivity contribution in [1.29, 1.82) is 0 Å². The van der Waals surface area contributed by atoms with Gasteiger partial charge in [-0.05, 0) is 35.7 Å². The first-order chi connectivity index (χ1) is 11.1. The molecule has 3 nitrogen and oxygen atoms in total. The molecule has 3 aromatic rings. The SMILES string of the molecule is O=C1c2cccc3cccc(c23)C(=O)N1c1ccc(Cl)c(F)c1. The molecule has 1 aliphatic rings. The maximum absolute atomic E-state index is 13.7. The van der Waals surface area contributed by atoms with E-state index in [1.807, 2.05) is 12.1 Å². The molecule has 0 spiro atoms. The predicted octanol–water partition coefficient (Wildman–Crippen LogP) is 4.43. The molecule has 0 bridgehead atoms. The number of amides is 2. The van der Waals surface area contributed by atoms with Gasteiger partial charge in [-0.15, -0.1) is 0 Å². The Bertz CT molecular complexity index is 949. The third kappa shape index (κ3) is 1.95. The zero-order valence-electron chi connectivity index (χ0n) is 11.7. The van der Waals surface area contributed by atoms with E-state index in [4.69, 9.17) is 11.6 Å². The first-order valence-corrected chi connectivity index (χ1v) is 7.31. The van der Waals surface area contributed by atoms with Crippen molar-refractivity contribution in [1.82, 2.24) is 0 Å². The summed E-state index contributed by atoms with van der Waals surface area (Å²) in [5.41, 5.74) is 1.01. The van der Waals surface area contributed by atoms with E-state index in [-0.39, 0.29) is 10.7 Å². The van der Waals surface area contributed by atoms with E-state index < -0.39 is 17.6 Å². The molecular weight excluding hydrogens is 317 g/mol. The molecule has 5 heteroatoms. The van der Waals surface area contributed by atoms with Crippen LogP contribution in [0.25, 0.3) is 10.8 Å². The summed E-state index contributed by atoms with van der Waals surface area (Å²) in [5.74, 6) is -1.62. The van der Waals surface area contributed by atoms with Crippen molar-refractivity contribution in [3.63, 3.8) is 0 Å². The second-order valence-corrected chi connectivity index (χ2v) is 5.66. The van der Waals surface area contributed by atoms with E-state index in [9.17, 15) is 14.0 Å². The van der Waals surface area contributed by atoms with Crippen LogP contribution in [0.3, 0.4) is 0 Å². The fourth-order valence-corrected chi connectivity index (χ4v) is 3.01. The molecule has 0 fully saturated rings. The fourth-order valence-electron chi connectivity index (χ4n) is 2.89. The van der Waals surface area contributed by atoms with E-state index in [2.05, 4.69) is 0 Å². The highest BCUT2D eigenvalue weighted by molar-refractivity contribution is 6.36. The number of anilines is 1. The fraction of sp³-hybridized carbons (Fsp3) is 0. The van der Waals surface area contributed by atoms with Gasteiger partial charge in [0.05, 0.1) is 10.7 Å². The monoisotopic (exact) mass is 325 g/mol. The van der Waals surface area contributed by atoms with Gasteiger partial charge in [-0.25, -0.2) is 9.29 Å². The molecular formula is C18H9ClFNO2. The van der Waals surface area contributed by atoms with E-state index in [1.165, 1.54) is 12.1 Å². The molecule has 1 aliphatic heterocycles. The molecule has 0 aliphatic carbocycles. The first kappa shape index (κ1) is 13.9. The normalized spacial score (nSPS) is 13.7. The van der Waals surface area contributed by atoms with Crippen molar-refractivity contribution in [3.8, 4) is 0 Å². The molecule has 112 valence electrons. The molecule has 0 radical (unpaired) electrons. The number of halogens is 2. The number of hydrogen-bond acceptors (Lipinski definition) is 2. The standard InChI is InChI=1S/C18H9ClFNO2/c19-14-8-7-11(9-15(14)20)21-17(22)12-5-1-3-10-4-2-6-13(16(10)12)18(21)23/h1-9H. The summed E-state index contributed by atoms with van der Waals surface area (Å²) in [6, 6.07) is 14.4. The summed E-state index contributed by atoms with van der Waals surface area (Å²) in [6.45, 7) is 0. The van der Waals surface area contributed by atoms with Gasteiger partial charge in [-0.2, -0.15) is 0 Å². The van der Waals surface area contributed by atoms with Crippen molar-refractivity contribution < 1.29 is 14.0 Å². The molecule has 3 aromatic carbocycles. The summed E-state index contributed by atoms with van der Waals surface area (Å²) < 4.78 is 13.7. The average molecular weight is 326 g/mol. The highest BCUT2D eigenvalue weighted by Crippen LogP contribution is 2.33. The van der Waals surface area contributed by atoms with Crippen LogP contribution in [0, 0.1) is 5.82 Å². The molecule has 4 rings (SSSR count). The van der Waals surface area contributed by atoms with E-state index in [1.54, 1.807) is 24.3 Å². The summed E-state index contributed by atoms with van der Waals surface area (Å²) in [5, 5.41) is 1.40. The molecule has 1 heterocycles. The van der Waals surface area contributed by atoms with Gasteiger partial charge < -0.3 is 0 Å². The van der Waals surface area contributed by atoms with Gasteiger partial charge in [0.25, 0.3) is 11.8 Å². The lowest BCUT2D eigenvalue weighted by Gasteiger charge is -2.27. The Labute approximate surface area is 135 Å². The number of hydrogen-bond donors (Lipinski definition) is 0. The average Bonchev–Trinajstić information content (AvgIpc) is 2.56. The molecule has 0 saturated heterocycles. The Kier molecular flexibility index (Phi) is 2.96. The largest absolute Gasteiger partial charge is 0.268 e. The molecule has 2 amide bonds. The molecule has 0 atom stereocenters. The van der Waals surface area contributed by atoms with Crippen LogP contribution < -0.4 is 4.90 Å². The van der Waals surface area contributed by atoms with Gasteiger partial charge in [0.2, 0.25) is 0 Å². The highest BCUT2D eigenvalue weighted by atomic mass is 35.5. The lowest BCUT2D eigenvalue weighted by molar-refractivity contribution is 0.0893. The van der Waals surface area contributed by atoms with Gasteiger partial charge >= 0.3 is 0 Å². The van der Waals surface area contributed by atoms with Crippen molar-refractivity contribution in [2.24, 2.45) is 0 Å². The van der Waals surface area contributed by atoms with Crippen LogP contribution in [-0.2, 0) is 0 Å². The van der Waals surface area contributed by atoms with Crippen LogP contribution in [0.15, 0.2) is 54.6 Å². The van der Waals surface area contributed by atoms with Crippen LogP contribution in [0.5, 0.6) is 0 Å². The lowest BCUT2D eigenvalue weighted by Crippen LogP contribution is -2.40. The van der Waals surface area contributed by atoms with E-state index in [0.29, 0.717) is 16.5 Å². The number of carbonyl (C=O) groups is 2. The molecule has 23 heavy (non-hydrogen) atoms. The minimum Gasteiger partial charge on any atom is -0.268 e. The Morgan fingerprint density at radius 1 is 0.870 bits per heavy atom. The number of carbonyl (C=O) groups excluding carboxylic acids is 2. The van der Waals surface area contributed by atoms with Gasteiger partial charge in [-0.1, -0.05) is 35.9 Å². The number of rotatable bonds is 1. The van der Waals surface area contributed by atoms with E-state index in [0.717, 1.165) is 16.4 Å². The maximum Gasteiger partial charge on any atom is 0.265 e. The van der Waals surface area contributed by atoms with Gasteiger partial charge in [0.15, 0.2) is 0 Å². The molecule has 0 saturated carbocycles.